The summed E-state index contributed by atoms with van der Waals surface area (Å²) in [7, 11) is 1.55. The van der Waals surface area contributed by atoms with E-state index in [1.165, 1.54) is 11.8 Å². The molecule has 39 heavy (non-hydrogen) atoms. The van der Waals surface area contributed by atoms with Crippen LogP contribution in [-0.2, 0) is 20.8 Å². The minimum atomic E-state index is -0.825. The summed E-state index contributed by atoms with van der Waals surface area (Å²) < 4.78 is 11.5. The number of rotatable bonds is 11. The quantitative estimate of drug-likeness (QED) is 0.384. The van der Waals surface area contributed by atoms with Crippen molar-refractivity contribution in [3.05, 3.63) is 84.4 Å². The lowest BCUT2D eigenvalue weighted by molar-refractivity contribution is -0.139. The lowest BCUT2D eigenvalue weighted by Crippen LogP contribution is -2.51. The van der Waals surface area contributed by atoms with Crippen LogP contribution in [0.4, 0.5) is 0 Å². The maximum Gasteiger partial charge on any atom is 0.243 e. The smallest absolute Gasteiger partial charge is 0.243 e. The van der Waals surface area contributed by atoms with Crippen molar-refractivity contribution in [2.45, 2.75) is 50.4 Å². The Morgan fingerprint density at radius 3 is 2.38 bits per heavy atom. The molecule has 1 aliphatic rings. The topological polar surface area (TPSA) is 137 Å². The molecule has 0 radical (unpaired) electrons. The maximum atomic E-state index is 13.5. The largest absolute Gasteiger partial charge is 0.496 e. The third-order valence-electron chi connectivity index (χ3n) is 6.77. The van der Waals surface area contributed by atoms with E-state index >= 15 is 0 Å². The van der Waals surface area contributed by atoms with Crippen LogP contribution in [0.15, 0.2) is 73.3 Å². The number of likely N-dealkylation sites (tertiary alicyclic amines) is 1. The third kappa shape index (κ3) is 7.17. The molecule has 2 amide bonds. The third-order valence-corrected chi connectivity index (χ3v) is 6.77. The van der Waals surface area contributed by atoms with Gasteiger partial charge in [0.1, 0.15) is 23.6 Å². The molecule has 10 heteroatoms. The molecule has 0 spiro atoms. The second kappa shape index (κ2) is 13.0. The number of Topliss-reactive ketones (excluding diaryl/α,β-unsaturated/α-hetero) is 1. The zero-order valence-corrected chi connectivity index (χ0v) is 22.0. The summed E-state index contributed by atoms with van der Waals surface area (Å²) in [5.74, 6) is 0.298. The molecule has 4 atom stereocenters. The molecule has 204 valence electrons. The second-order valence-corrected chi connectivity index (χ2v) is 9.50. The van der Waals surface area contributed by atoms with Crippen molar-refractivity contribution < 1.29 is 23.9 Å². The van der Waals surface area contributed by atoms with Gasteiger partial charge in [0.05, 0.1) is 19.7 Å². The highest BCUT2D eigenvalue weighted by Gasteiger charge is 2.42. The number of carbonyl (C=O) groups is 3. The van der Waals surface area contributed by atoms with E-state index in [0.29, 0.717) is 23.5 Å². The van der Waals surface area contributed by atoms with Gasteiger partial charge >= 0.3 is 0 Å². The number of carbonyl (C=O) groups excluding carboxylic acids is 3. The summed E-state index contributed by atoms with van der Waals surface area (Å²) in [6.07, 6.45) is 6.63. The Bertz CT molecular complexity index is 1270. The van der Waals surface area contributed by atoms with E-state index in [4.69, 9.17) is 15.2 Å². The number of ether oxygens (including phenoxy) is 2. The first-order valence-electron chi connectivity index (χ1n) is 12.8. The number of benzene rings is 1. The molecule has 3 heterocycles. The Kier molecular flexibility index (Phi) is 9.22. The maximum absolute atomic E-state index is 13.5. The van der Waals surface area contributed by atoms with Gasteiger partial charge in [-0.25, -0.2) is 0 Å². The SMILES string of the molecule is COc1ccccc1[C@@H](N)CC(=O)N1C[C@H](Oc2ccncc2)C[C@H]1C(=O)N[C@@H](Cc1ccncc1)C(C)=O. The van der Waals surface area contributed by atoms with E-state index in [1.807, 2.05) is 18.2 Å². The van der Waals surface area contributed by atoms with Crippen LogP contribution in [-0.4, -0.2) is 64.3 Å². The predicted octanol–water partition coefficient (Wildman–Crippen LogP) is 2.24. The number of aromatic nitrogens is 2. The molecule has 0 saturated carbocycles. The fourth-order valence-electron chi connectivity index (χ4n) is 4.72. The summed E-state index contributed by atoms with van der Waals surface area (Å²) >= 11 is 0. The Hall–Kier alpha value is -4.31. The molecule has 1 aromatic carbocycles. The van der Waals surface area contributed by atoms with Crippen molar-refractivity contribution >= 4 is 17.6 Å². The highest BCUT2D eigenvalue weighted by atomic mass is 16.5. The predicted molar refractivity (Wildman–Crippen MR) is 144 cm³/mol. The number of nitrogens with one attached hydrogen (secondary N) is 1. The highest BCUT2D eigenvalue weighted by molar-refractivity contribution is 5.92. The normalized spacial score (nSPS) is 18.2. The Balaban J connectivity index is 1.51. The van der Waals surface area contributed by atoms with Crippen LogP contribution >= 0.6 is 0 Å². The lowest BCUT2D eigenvalue weighted by Gasteiger charge is -2.27. The van der Waals surface area contributed by atoms with Gasteiger partial charge < -0.3 is 25.4 Å². The van der Waals surface area contributed by atoms with E-state index in [2.05, 4.69) is 15.3 Å². The van der Waals surface area contributed by atoms with Gasteiger partial charge in [0.15, 0.2) is 5.78 Å². The lowest BCUT2D eigenvalue weighted by atomic mass is 10.0. The van der Waals surface area contributed by atoms with Gasteiger partial charge in [0, 0.05) is 49.2 Å². The molecule has 1 saturated heterocycles. The van der Waals surface area contributed by atoms with Crippen molar-refractivity contribution in [3.8, 4) is 11.5 Å². The second-order valence-electron chi connectivity index (χ2n) is 9.50. The summed E-state index contributed by atoms with van der Waals surface area (Å²) in [6.45, 7) is 1.64. The zero-order valence-electron chi connectivity index (χ0n) is 22.0. The van der Waals surface area contributed by atoms with Crippen molar-refractivity contribution in [1.29, 1.82) is 0 Å². The summed E-state index contributed by atoms with van der Waals surface area (Å²) in [5.41, 5.74) is 7.98. The van der Waals surface area contributed by atoms with E-state index < -0.39 is 30.1 Å². The summed E-state index contributed by atoms with van der Waals surface area (Å²) in [6, 6.07) is 12.1. The van der Waals surface area contributed by atoms with Crippen molar-refractivity contribution in [3.63, 3.8) is 0 Å². The molecule has 4 rings (SSSR count). The van der Waals surface area contributed by atoms with Crippen LogP contribution in [0.2, 0.25) is 0 Å². The Morgan fingerprint density at radius 2 is 1.72 bits per heavy atom. The number of hydrogen-bond donors (Lipinski definition) is 2. The van der Waals surface area contributed by atoms with Gasteiger partial charge in [-0.15, -0.1) is 0 Å². The van der Waals surface area contributed by atoms with Crippen molar-refractivity contribution in [1.82, 2.24) is 20.2 Å². The number of pyridine rings is 2. The monoisotopic (exact) mass is 531 g/mol. The minimum Gasteiger partial charge on any atom is -0.496 e. The van der Waals surface area contributed by atoms with Crippen LogP contribution in [0.1, 0.15) is 36.9 Å². The molecular weight excluding hydrogens is 498 g/mol. The number of methoxy groups -OCH3 is 1. The first kappa shape index (κ1) is 27.7. The van der Waals surface area contributed by atoms with Crippen LogP contribution in [0.25, 0.3) is 0 Å². The van der Waals surface area contributed by atoms with Crippen LogP contribution in [0.5, 0.6) is 11.5 Å². The van der Waals surface area contributed by atoms with Crippen LogP contribution in [0.3, 0.4) is 0 Å². The number of para-hydroxylation sites is 1. The molecule has 0 unspecified atom stereocenters. The van der Waals surface area contributed by atoms with Gasteiger partial charge in [0.25, 0.3) is 0 Å². The molecule has 0 bridgehead atoms. The first-order chi connectivity index (χ1) is 18.9. The molecular formula is C29H33N5O5. The van der Waals surface area contributed by atoms with Crippen molar-refractivity contribution in [2.75, 3.05) is 13.7 Å². The van der Waals surface area contributed by atoms with Gasteiger partial charge in [-0.2, -0.15) is 0 Å². The average molecular weight is 532 g/mol. The zero-order chi connectivity index (χ0) is 27.8. The molecule has 2 aromatic heterocycles. The number of nitrogens with zero attached hydrogens (tertiary/aromatic N) is 3. The van der Waals surface area contributed by atoms with E-state index in [-0.39, 0.29) is 31.1 Å². The number of hydrogen-bond acceptors (Lipinski definition) is 8. The van der Waals surface area contributed by atoms with E-state index in [0.717, 1.165) is 5.56 Å². The van der Waals surface area contributed by atoms with E-state index in [9.17, 15) is 14.4 Å². The number of nitrogens with two attached hydrogens (primary N) is 1. The average Bonchev–Trinajstić information content (AvgIpc) is 3.37. The van der Waals surface area contributed by atoms with Gasteiger partial charge in [-0.1, -0.05) is 18.2 Å². The Morgan fingerprint density at radius 1 is 1.05 bits per heavy atom. The fraction of sp³-hybridized carbons (Fsp3) is 0.345. The first-order valence-corrected chi connectivity index (χ1v) is 12.8. The fourth-order valence-corrected chi connectivity index (χ4v) is 4.72. The van der Waals surface area contributed by atoms with E-state index in [1.54, 1.807) is 62.2 Å². The number of ketones is 1. The molecule has 10 nitrogen and oxygen atoms in total. The molecule has 0 aliphatic carbocycles. The summed E-state index contributed by atoms with van der Waals surface area (Å²) in [4.78, 5) is 49.0. The standard InChI is InChI=1S/C29H33N5O5/c1-19(35)25(15-20-7-11-31-12-8-20)33-29(37)26-16-22(39-21-9-13-32-14-10-21)18-34(26)28(36)17-24(30)23-5-3-4-6-27(23)38-2/h3-14,22,24-26H,15-18,30H2,1-2H3,(H,33,37)/t22-,24+,25+,26+/m1/s1. The van der Waals surface area contributed by atoms with Gasteiger partial charge in [-0.05, 0) is 49.2 Å². The summed E-state index contributed by atoms with van der Waals surface area (Å²) in [5, 5.41) is 2.86. The Labute approximate surface area is 227 Å². The van der Waals surface area contributed by atoms with Crippen LogP contribution in [0, 0.1) is 0 Å². The van der Waals surface area contributed by atoms with Gasteiger partial charge in [-0.3, -0.25) is 24.4 Å². The highest BCUT2D eigenvalue weighted by Crippen LogP contribution is 2.29. The van der Waals surface area contributed by atoms with Crippen molar-refractivity contribution in [2.24, 2.45) is 5.73 Å². The molecule has 1 fully saturated rings. The minimum absolute atomic E-state index is 0.0285. The van der Waals surface area contributed by atoms with Gasteiger partial charge in [0.2, 0.25) is 11.8 Å². The molecule has 1 aliphatic heterocycles. The number of amides is 2. The molecule has 3 aromatic rings. The van der Waals surface area contributed by atoms with Crippen LogP contribution < -0.4 is 20.5 Å². The molecule has 3 N–H and O–H groups in total.